The summed E-state index contributed by atoms with van der Waals surface area (Å²) in [5.41, 5.74) is -0.344. The number of benzene rings is 1. The molecule has 2 rings (SSSR count). The molecular formula is C14H11F3O5. The molecule has 0 spiro atoms. The number of carbonyl (C=O) groups excluding carboxylic acids is 2. The molecule has 0 aliphatic carbocycles. The van der Waals surface area contributed by atoms with Gasteiger partial charge in [-0.1, -0.05) is 6.07 Å². The molecule has 1 aliphatic heterocycles. The summed E-state index contributed by atoms with van der Waals surface area (Å²) in [7, 11) is 0. The summed E-state index contributed by atoms with van der Waals surface area (Å²) in [5, 5.41) is 0. The summed E-state index contributed by atoms with van der Waals surface area (Å²) in [6.07, 6.45) is 1.04. The predicted octanol–water partition coefficient (Wildman–Crippen LogP) is 2.65. The van der Waals surface area contributed by atoms with Gasteiger partial charge in [-0.05, 0) is 23.8 Å². The van der Waals surface area contributed by atoms with Gasteiger partial charge >= 0.3 is 18.6 Å². The van der Waals surface area contributed by atoms with Gasteiger partial charge in [-0.2, -0.15) is 8.78 Å². The lowest BCUT2D eigenvalue weighted by Crippen LogP contribution is -2.41. The fraction of sp³-hybridized carbons (Fsp3) is 0.286. The summed E-state index contributed by atoms with van der Waals surface area (Å²) in [4.78, 5) is 23.4. The van der Waals surface area contributed by atoms with Gasteiger partial charge in [0.2, 0.25) is 0 Å². The zero-order chi connectivity index (χ0) is 16.5. The lowest BCUT2D eigenvalue weighted by molar-refractivity contribution is -0.222. The van der Waals surface area contributed by atoms with Crippen LogP contribution in [0.4, 0.5) is 13.2 Å². The number of rotatable bonds is 3. The van der Waals surface area contributed by atoms with Crippen molar-refractivity contribution in [3.05, 3.63) is 35.2 Å². The van der Waals surface area contributed by atoms with Crippen molar-refractivity contribution >= 4 is 18.0 Å². The maximum absolute atomic E-state index is 13.6. The molecule has 0 radical (unpaired) electrons. The number of halogens is 3. The highest BCUT2D eigenvalue weighted by atomic mass is 19.3. The Morgan fingerprint density at radius 3 is 2.27 bits per heavy atom. The monoisotopic (exact) mass is 316 g/mol. The molecule has 0 bridgehead atoms. The third-order valence-corrected chi connectivity index (χ3v) is 2.60. The average Bonchev–Trinajstić information content (AvgIpc) is 2.35. The van der Waals surface area contributed by atoms with Crippen LogP contribution in [0.1, 0.15) is 19.4 Å². The molecule has 1 aromatic carbocycles. The average molecular weight is 316 g/mol. The number of ether oxygens (including phenoxy) is 3. The van der Waals surface area contributed by atoms with Crippen molar-refractivity contribution in [1.82, 2.24) is 0 Å². The molecule has 1 aromatic rings. The molecule has 0 saturated carbocycles. The van der Waals surface area contributed by atoms with Gasteiger partial charge in [0.15, 0.2) is 11.6 Å². The first-order chi connectivity index (χ1) is 10.2. The van der Waals surface area contributed by atoms with Crippen LogP contribution in [0.2, 0.25) is 0 Å². The van der Waals surface area contributed by atoms with Crippen LogP contribution in [0.25, 0.3) is 6.08 Å². The van der Waals surface area contributed by atoms with Gasteiger partial charge in [-0.25, -0.2) is 14.0 Å². The molecule has 0 amide bonds. The molecule has 0 N–H and O–H groups in total. The molecule has 0 aromatic heterocycles. The Morgan fingerprint density at radius 2 is 1.77 bits per heavy atom. The Kier molecular flexibility index (Phi) is 4.11. The van der Waals surface area contributed by atoms with Gasteiger partial charge in [0.05, 0.1) is 0 Å². The van der Waals surface area contributed by atoms with E-state index in [1.165, 1.54) is 19.9 Å². The van der Waals surface area contributed by atoms with Crippen LogP contribution in [0.3, 0.4) is 0 Å². The predicted molar refractivity (Wildman–Crippen MR) is 67.3 cm³/mol. The molecule has 22 heavy (non-hydrogen) atoms. The quantitative estimate of drug-likeness (QED) is 0.487. The normalized spacial score (nSPS) is 17.1. The zero-order valence-electron chi connectivity index (χ0n) is 11.6. The van der Waals surface area contributed by atoms with Gasteiger partial charge in [-0.3, -0.25) is 0 Å². The van der Waals surface area contributed by atoms with Crippen LogP contribution in [-0.2, 0) is 19.1 Å². The molecule has 5 nitrogen and oxygen atoms in total. The van der Waals surface area contributed by atoms with E-state index in [4.69, 9.17) is 9.47 Å². The van der Waals surface area contributed by atoms with Crippen molar-refractivity contribution in [1.29, 1.82) is 0 Å². The maximum atomic E-state index is 13.6. The maximum Gasteiger partial charge on any atom is 0.387 e. The number of cyclic esters (lactones) is 2. The fourth-order valence-corrected chi connectivity index (χ4v) is 1.74. The van der Waals surface area contributed by atoms with Crippen molar-refractivity contribution in [2.75, 3.05) is 0 Å². The van der Waals surface area contributed by atoms with E-state index < -0.39 is 41.5 Å². The van der Waals surface area contributed by atoms with Crippen LogP contribution in [0.5, 0.6) is 5.75 Å². The minimum Gasteiger partial charge on any atom is -0.432 e. The molecule has 1 heterocycles. The summed E-state index contributed by atoms with van der Waals surface area (Å²) in [5.74, 6) is -4.94. The van der Waals surface area contributed by atoms with Gasteiger partial charge < -0.3 is 14.2 Å². The number of hydrogen-bond donors (Lipinski definition) is 0. The molecule has 0 atom stereocenters. The number of carbonyl (C=O) groups is 2. The molecule has 1 aliphatic rings. The SMILES string of the molecule is CC1(C)OC(=O)C(=Cc2ccc(OC(F)F)c(F)c2)C(=O)O1. The zero-order valence-corrected chi connectivity index (χ0v) is 11.6. The van der Waals surface area contributed by atoms with Crippen molar-refractivity contribution in [2.45, 2.75) is 26.2 Å². The topological polar surface area (TPSA) is 61.8 Å². The summed E-state index contributed by atoms with van der Waals surface area (Å²) >= 11 is 0. The van der Waals surface area contributed by atoms with E-state index in [0.29, 0.717) is 0 Å². The molecule has 1 fully saturated rings. The Bertz CT molecular complexity index is 630. The van der Waals surface area contributed by atoms with E-state index in [1.807, 2.05) is 0 Å². The number of alkyl halides is 2. The molecule has 1 saturated heterocycles. The number of esters is 2. The summed E-state index contributed by atoms with van der Waals surface area (Å²) in [6, 6.07) is 3.00. The van der Waals surface area contributed by atoms with Gasteiger partial charge in [0.25, 0.3) is 5.79 Å². The van der Waals surface area contributed by atoms with Crippen LogP contribution in [0.15, 0.2) is 23.8 Å². The largest absolute Gasteiger partial charge is 0.432 e. The Labute approximate surface area is 123 Å². The highest BCUT2D eigenvalue weighted by molar-refractivity contribution is 6.18. The second kappa shape index (κ2) is 5.70. The van der Waals surface area contributed by atoms with E-state index in [9.17, 15) is 22.8 Å². The molecule has 0 unspecified atom stereocenters. The lowest BCUT2D eigenvalue weighted by Gasteiger charge is -2.29. The van der Waals surface area contributed by atoms with Crippen LogP contribution >= 0.6 is 0 Å². The fourth-order valence-electron chi connectivity index (χ4n) is 1.74. The second-order valence-corrected chi connectivity index (χ2v) is 4.81. The van der Waals surface area contributed by atoms with E-state index >= 15 is 0 Å². The third-order valence-electron chi connectivity index (χ3n) is 2.60. The number of hydrogen-bond acceptors (Lipinski definition) is 5. The lowest BCUT2D eigenvalue weighted by atomic mass is 10.1. The van der Waals surface area contributed by atoms with Gasteiger partial charge in [0, 0.05) is 13.8 Å². The van der Waals surface area contributed by atoms with Crippen molar-refractivity contribution < 1.29 is 37.0 Å². The molecule has 8 heteroatoms. The van der Waals surface area contributed by atoms with Crippen LogP contribution in [0, 0.1) is 5.82 Å². The minimum absolute atomic E-state index is 0.0859. The van der Waals surface area contributed by atoms with E-state index in [1.54, 1.807) is 0 Å². The van der Waals surface area contributed by atoms with Crippen molar-refractivity contribution in [2.24, 2.45) is 0 Å². The Morgan fingerprint density at radius 1 is 1.18 bits per heavy atom. The minimum atomic E-state index is -3.16. The summed E-state index contributed by atoms with van der Waals surface area (Å²) < 4.78 is 51.3. The van der Waals surface area contributed by atoms with Crippen LogP contribution in [-0.4, -0.2) is 24.3 Å². The van der Waals surface area contributed by atoms with E-state index in [0.717, 1.165) is 18.2 Å². The van der Waals surface area contributed by atoms with Crippen molar-refractivity contribution in [3.8, 4) is 5.75 Å². The Hall–Kier alpha value is -2.51. The molecule has 118 valence electrons. The Balaban J connectivity index is 2.28. The van der Waals surface area contributed by atoms with E-state index in [-0.39, 0.29) is 5.56 Å². The molecular weight excluding hydrogens is 305 g/mol. The highest BCUT2D eigenvalue weighted by Crippen LogP contribution is 2.26. The first-order valence-corrected chi connectivity index (χ1v) is 6.11. The van der Waals surface area contributed by atoms with Crippen LogP contribution < -0.4 is 4.74 Å². The van der Waals surface area contributed by atoms with Gasteiger partial charge in [0.1, 0.15) is 5.57 Å². The third kappa shape index (κ3) is 3.57. The first kappa shape index (κ1) is 15.9. The summed E-state index contributed by atoms with van der Waals surface area (Å²) in [6.45, 7) is -0.393. The van der Waals surface area contributed by atoms with Crippen molar-refractivity contribution in [3.63, 3.8) is 0 Å². The highest BCUT2D eigenvalue weighted by Gasteiger charge is 2.38. The first-order valence-electron chi connectivity index (χ1n) is 6.11. The van der Waals surface area contributed by atoms with Gasteiger partial charge in [-0.15, -0.1) is 0 Å². The smallest absolute Gasteiger partial charge is 0.387 e. The second-order valence-electron chi connectivity index (χ2n) is 4.81. The van der Waals surface area contributed by atoms with E-state index in [2.05, 4.69) is 4.74 Å². The standard InChI is InChI=1S/C14H11F3O5/c1-14(2)21-11(18)8(12(19)22-14)5-7-3-4-10(9(15)6-7)20-13(16)17/h3-6,13H,1-2H3.